The molecule has 0 amide bonds. The number of nitrogens with zero attached hydrogens (tertiary/aromatic N) is 2. The maximum absolute atomic E-state index is 11.1. The fourth-order valence-corrected chi connectivity index (χ4v) is 1.64. The average Bonchev–Trinajstić information content (AvgIpc) is 2.89. The molecule has 0 radical (unpaired) electrons. The summed E-state index contributed by atoms with van der Waals surface area (Å²) in [5.41, 5.74) is 0.302. The van der Waals surface area contributed by atoms with E-state index in [1.54, 1.807) is 31.2 Å². The Morgan fingerprint density at radius 3 is 2.95 bits per heavy atom. The van der Waals surface area contributed by atoms with Crippen LogP contribution >= 0.6 is 0 Å². The zero-order valence-electron chi connectivity index (χ0n) is 10.3. The van der Waals surface area contributed by atoms with E-state index in [1.165, 1.54) is 6.20 Å². The minimum absolute atomic E-state index is 0.0798. The molecule has 0 aliphatic heterocycles. The summed E-state index contributed by atoms with van der Waals surface area (Å²) in [5, 5.41) is 17.6. The third-order valence-electron chi connectivity index (χ3n) is 2.43. The number of hydrogen-bond acceptors (Lipinski definition) is 6. The lowest BCUT2D eigenvalue weighted by molar-refractivity contribution is -0.384. The lowest BCUT2D eigenvalue weighted by Crippen LogP contribution is -2.04. The van der Waals surface area contributed by atoms with Gasteiger partial charge in [0.2, 0.25) is 0 Å². The summed E-state index contributed by atoms with van der Waals surface area (Å²) in [5.74, 6) is 0.839. The molecule has 0 unspecified atom stereocenters. The van der Waals surface area contributed by atoms with Crippen molar-refractivity contribution < 1.29 is 14.2 Å². The van der Waals surface area contributed by atoms with Gasteiger partial charge >= 0.3 is 5.69 Å². The zero-order valence-corrected chi connectivity index (χ0v) is 10.3. The van der Waals surface area contributed by atoms with Crippen molar-refractivity contribution in [1.82, 2.24) is 5.16 Å². The number of para-hydroxylation sites is 1. The van der Waals surface area contributed by atoms with E-state index in [1.807, 2.05) is 0 Å². The number of aromatic nitrogens is 1. The number of ether oxygens (including phenoxy) is 1. The Morgan fingerprint density at radius 1 is 1.47 bits per heavy atom. The normalized spacial score (nSPS) is 10.2. The van der Waals surface area contributed by atoms with Crippen molar-refractivity contribution in [3.63, 3.8) is 0 Å². The first-order valence-corrected chi connectivity index (χ1v) is 5.76. The maximum atomic E-state index is 11.1. The summed E-state index contributed by atoms with van der Waals surface area (Å²) in [4.78, 5) is 10.7. The van der Waals surface area contributed by atoms with Crippen LogP contribution < -0.4 is 10.1 Å². The molecule has 0 atom stereocenters. The molecule has 0 bridgehead atoms. The maximum Gasteiger partial charge on any atom is 0.333 e. The minimum Gasteiger partial charge on any atom is -0.487 e. The van der Waals surface area contributed by atoms with E-state index in [9.17, 15) is 10.1 Å². The number of nitrogens with one attached hydrogen (secondary N) is 1. The van der Waals surface area contributed by atoms with Crippen molar-refractivity contribution >= 4 is 11.4 Å². The van der Waals surface area contributed by atoms with Gasteiger partial charge in [0.25, 0.3) is 0 Å². The van der Waals surface area contributed by atoms with Crippen molar-refractivity contribution in [1.29, 1.82) is 0 Å². The molecule has 0 aliphatic carbocycles. The number of hydrogen-bond donors (Lipinski definition) is 1. The van der Waals surface area contributed by atoms with E-state index in [2.05, 4.69) is 10.5 Å². The molecular formula is C12H13N3O4. The highest BCUT2D eigenvalue weighted by molar-refractivity contribution is 5.68. The Bertz CT molecular complexity index is 554. The molecule has 0 aliphatic rings. The van der Waals surface area contributed by atoms with Crippen LogP contribution in [0.2, 0.25) is 0 Å². The largest absolute Gasteiger partial charge is 0.487 e. The van der Waals surface area contributed by atoms with Crippen LogP contribution in [-0.2, 0) is 6.54 Å². The van der Waals surface area contributed by atoms with Crippen molar-refractivity contribution in [2.24, 2.45) is 0 Å². The highest BCUT2D eigenvalue weighted by Crippen LogP contribution is 2.34. The molecule has 7 nitrogen and oxygen atoms in total. The molecule has 1 N–H and O–H groups in total. The van der Waals surface area contributed by atoms with E-state index in [-0.39, 0.29) is 11.4 Å². The van der Waals surface area contributed by atoms with Gasteiger partial charge in [0.15, 0.2) is 11.5 Å². The van der Waals surface area contributed by atoms with Crippen molar-refractivity contribution in [2.45, 2.75) is 13.5 Å². The Morgan fingerprint density at radius 2 is 2.32 bits per heavy atom. The van der Waals surface area contributed by atoms with Gasteiger partial charge in [0.1, 0.15) is 5.69 Å². The van der Waals surface area contributed by atoms with Crippen LogP contribution in [-0.4, -0.2) is 16.7 Å². The Labute approximate surface area is 109 Å². The smallest absolute Gasteiger partial charge is 0.333 e. The first kappa shape index (κ1) is 12.9. The van der Waals surface area contributed by atoms with Crippen molar-refractivity contribution in [3.8, 4) is 5.75 Å². The molecule has 19 heavy (non-hydrogen) atoms. The van der Waals surface area contributed by atoms with Crippen LogP contribution in [0.25, 0.3) is 0 Å². The van der Waals surface area contributed by atoms with Gasteiger partial charge < -0.3 is 14.6 Å². The summed E-state index contributed by atoms with van der Waals surface area (Å²) < 4.78 is 10.2. The minimum atomic E-state index is -0.465. The lowest BCUT2D eigenvalue weighted by Gasteiger charge is -2.09. The highest BCUT2D eigenvalue weighted by atomic mass is 16.6. The van der Waals surface area contributed by atoms with E-state index in [0.29, 0.717) is 24.6 Å². The number of rotatable bonds is 6. The third kappa shape index (κ3) is 3.01. The molecule has 1 heterocycles. The Balaban J connectivity index is 2.23. The van der Waals surface area contributed by atoms with Gasteiger partial charge in [-0.25, -0.2) is 0 Å². The van der Waals surface area contributed by atoms with Gasteiger partial charge in [-0.3, -0.25) is 10.1 Å². The monoisotopic (exact) mass is 263 g/mol. The number of nitro benzene ring substituents is 1. The summed E-state index contributed by atoms with van der Waals surface area (Å²) in [6.07, 6.45) is 1.52. The van der Waals surface area contributed by atoms with Crippen molar-refractivity contribution in [3.05, 3.63) is 46.3 Å². The Hall–Kier alpha value is -2.57. The first-order chi connectivity index (χ1) is 9.22. The zero-order chi connectivity index (χ0) is 13.7. The van der Waals surface area contributed by atoms with Gasteiger partial charge in [0.05, 0.1) is 24.3 Å². The number of anilines is 1. The van der Waals surface area contributed by atoms with Crippen molar-refractivity contribution in [2.75, 3.05) is 11.9 Å². The van der Waals surface area contributed by atoms with Crippen LogP contribution in [0.1, 0.15) is 12.7 Å². The quantitative estimate of drug-likeness (QED) is 0.636. The summed E-state index contributed by atoms with van der Waals surface area (Å²) in [6.45, 7) is 2.46. The third-order valence-corrected chi connectivity index (χ3v) is 2.43. The molecule has 2 rings (SSSR count). The van der Waals surface area contributed by atoms with E-state index < -0.39 is 4.92 Å². The summed E-state index contributed by atoms with van der Waals surface area (Å²) >= 11 is 0. The molecule has 0 spiro atoms. The fourth-order valence-electron chi connectivity index (χ4n) is 1.64. The number of nitro groups is 1. The standard InChI is InChI=1S/C12H13N3O4/c1-2-18-11-5-3-4-10(12(11)15(16)17)13-8-9-6-7-14-19-9/h3-7,13H,2,8H2,1H3. The second-order valence-corrected chi connectivity index (χ2v) is 3.67. The highest BCUT2D eigenvalue weighted by Gasteiger charge is 2.20. The lowest BCUT2D eigenvalue weighted by atomic mass is 10.2. The fraction of sp³-hybridized carbons (Fsp3) is 0.250. The van der Waals surface area contributed by atoms with Gasteiger partial charge in [-0.15, -0.1) is 0 Å². The second kappa shape index (κ2) is 5.85. The Kier molecular flexibility index (Phi) is 3.97. The average molecular weight is 263 g/mol. The molecule has 0 saturated heterocycles. The van der Waals surface area contributed by atoms with Gasteiger partial charge in [-0.05, 0) is 19.1 Å². The van der Waals surface area contributed by atoms with Crippen LogP contribution in [0.4, 0.5) is 11.4 Å². The molecule has 0 fully saturated rings. The summed E-state index contributed by atoms with van der Waals surface area (Å²) in [6, 6.07) is 6.57. The van der Waals surface area contributed by atoms with Gasteiger partial charge in [-0.2, -0.15) is 0 Å². The first-order valence-electron chi connectivity index (χ1n) is 5.76. The topological polar surface area (TPSA) is 90.4 Å². The predicted molar refractivity (Wildman–Crippen MR) is 68.1 cm³/mol. The molecule has 2 aromatic rings. The van der Waals surface area contributed by atoms with Crippen LogP contribution in [0.15, 0.2) is 35.0 Å². The SMILES string of the molecule is CCOc1cccc(NCc2ccno2)c1[N+](=O)[O-]. The van der Waals surface area contributed by atoms with Crippen LogP contribution in [0.5, 0.6) is 5.75 Å². The summed E-state index contributed by atoms with van der Waals surface area (Å²) in [7, 11) is 0. The predicted octanol–water partition coefficient (Wildman–Crippen LogP) is 2.59. The van der Waals surface area contributed by atoms with Gasteiger partial charge in [-0.1, -0.05) is 11.2 Å². The molecule has 0 saturated carbocycles. The molecule has 100 valence electrons. The molecular weight excluding hydrogens is 250 g/mol. The van der Waals surface area contributed by atoms with E-state index in [4.69, 9.17) is 9.26 Å². The second-order valence-electron chi connectivity index (χ2n) is 3.67. The van der Waals surface area contributed by atoms with Gasteiger partial charge in [0, 0.05) is 6.07 Å². The molecule has 1 aromatic carbocycles. The van der Waals surface area contributed by atoms with Crippen LogP contribution in [0.3, 0.4) is 0 Å². The van der Waals surface area contributed by atoms with E-state index in [0.717, 1.165) is 0 Å². The molecule has 7 heteroatoms. The van der Waals surface area contributed by atoms with E-state index >= 15 is 0 Å². The number of benzene rings is 1. The van der Waals surface area contributed by atoms with Crippen LogP contribution in [0, 0.1) is 10.1 Å². The molecule has 1 aromatic heterocycles.